The highest BCUT2D eigenvalue weighted by Gasteiger charge is 2.62. The Balaban J connectivity index is 1.30. The zero-order chi connectivity index (χ0) is 29.9. The minimum atomic E-state index is -2.56. The monoisotopic (exact) mass is 576 g/mol. The molecule has 4 N–H and O–H groups in total. The van der Waals surface area contributed by atoms with Crippen molar-refractivity contribution in [2.45, 2.75) is 38.2 Å². The molecule has 2 aliphatic rings. The SMILES string of the molecule is Cc1c2c(c(O)c3c(OCc4ccccc4)cccc13)C(=O)[C@]1(O)C(=O)c3c(OCc4ccccc4)noc3[C@@H](N)[C@@H]1C2. The summed E-state index contributed by atoms with van der Waals surface area (Å²) in [5.74, 6) is -2.97. The average molecular weight is 577 g/mol. The molecule has 4 aromatic carbocycles. The van der Waals surface area contributed by atoms with Gasteiger partial charge in [0.05, 0.1) is 17.0 Å². The molecule has 0 unspecified atom stereocenters. The fraction of sp³-hybridized carbons (Fsp3) is 0.206. The number of ketones is 2. The summed E-state index contributed by atoms with van der Waals surface area (Å²) in [7, 11) is 0. The van der Waals surface area contributed by atoms with E-state index >= 15 is 0 Å². The lowest BCUT2D eigenvalue weighted by Gasteiger charge is -2.43. The molecular formula is C34H28N2O7. The summed E-state index contributed by atoms with van der Waals surface area (Å²) in [6.07, 6.45) is 0.0509. The van der Waals surface area contributed by atoms with E-state index in [0.29, 0.717) is 22.1 Å². The van der Waals surface area contributed by atoms with Gasteiger partial charge in [-0.2, -0.15) is 0 Å². The molecular weight excluding hydrogens is 548 g/mol. The van der Waals surface area contributed by atoms with Gasteiger partial charge in [-0.1, -0.05) is 72.8 Å². The lowest BCUT2D eigenvalue weighted by Crippen LogP contribution is -2.61. The lowest BCUT2D eigenvalue weighted by atomic mass is 9.61. The number of phenolic OH excluding ortho intramolecular Hbond substituents is 1. The van der Waals surface area contributed by atoms with Gasteiger partial charge in [-0.25, -0.2) is 0 Å². The number of carbonyl (C=O) groups excluding carboxylic acids is 2. The van der Waals surface area contributed by atoms with Crippen LogP contribution in [0, 0.1) is 12.8 Å². The molecule has 0 radical (unpaired) electrons. The third-order valence-electron chi connectivity index (χ3n) is 8.64. The second-order valence-electron chi connectivity index (χ2n) is 11.0. The van der Waals surface area contributed by atoms with Gasteiger partial charge >= 0.3 is 0 Å². The molecule has 9 nitrogen and oxygen atoms in total. The minimum absolute atomic E-state index is 0.0509. The highest BCUT2D eigenvalue weighted by molar-refractivity contribution is 6.27. The molecule has 2 aliphatic carbocycles. The third-order valence-corrected chi connectivity index (χ3v) is 8.64. The second-order valence-corrected chi connectivity index (χ2v) is 11.0. The van der Waals surface area contributed by atoms with Crippen molar-refractivity contribution in [3.8, 4) is 17.4 Å². The number of hydrogen-bond donors (Lipinski definition) is 3. The Labute approximate surface area is 246 Å². The van der Waals surface area contributed by atoms with Crippen LogP contribution in [0.4, 0.5) is 0 Å². The molecule has 1 heterocycles. The van der Waals surface area contributed by atoms with E-state index in [1.807, 2.05) is 79.7 Å². The zero-order valence-electron chi connectivity index (χ0n) is 23.2. The van der Waals surface area contributed by atoms with Crippen LogP contribution in [0.3, 0.4) is 0 Å². The van der Waals surface area contributed by atoms with Crippen LogP contribution in [-0.2, 0) is 19.6 Å². The van der Waals surface area contributed by atoms with Crippen molar-refractivity contribution in [2.75, 3.05) is 0 Å². The number of fused-ring (bicyclic) bond motifs is 4. The molecule has 0 saturated heterocycles. The average Bonchev–Trinajstić information content (AvgIpc) is 3.46. The fourth-order valence-corrected chi connectivity index (χ4v) is 6.37. The minimum Gasteiger partial charge on any atom is -0.506 e. The van der Waals surface area contributed by atoms with E-state index in [0.717, 1.165) is 16.7 Å². The normalized spacial score (nSPS) is 20.8. The van der Waals surface area contributed by atoms with Crippen molar-refractivity contribution in [2.24, 2.45) is 11.7 Å². The smallest absolute Gasteiger partial charge is 0.265 e. The topological polar surface area (TPSA) is 145 Å². The Morgan fingerprint density at radius 3 is 2.21 bits per heavy atom. The zero-order valence-corrected chi connectivity index (χ0v) is 23.2. The fourth-order valence-electron chi connectivity index (χ4n) is 6.37. The van der Waals surface area contributed by atoms with Gasteiger partial charge in [0.25, 0.3) is 5.88 Å². The number of benzene rings is 4. The van der Waals surface area contributed by atoms with Gasteiger partial charge in [-0.3, -0.25) is 9.59 Å². The molecule has 0 fully saturated rings. The van der Waals surface area contributed by atoms with Crippen LogP contribution in [-0.4, -0.2) is 32.5 Å². The number of hydrogen-bond acceptors (Lipinski definition) is 9. The van der Waals surface area contributed by atoms with Crippen LogP contribution in [0.15, 0.2) is 83.4 Å². The van der Waals surface area contributed by atoms with Gasteiger partial charge in [0.1, 0.15) is 30.3 Å². The van der Waals surface area contributed by atoms with Crippen molar-refractivity contribution in [3.63, 3.8) is 0 Å². The van der Waals surface area contributed by atoms with Gasteiger partial charge in [-0.05, 0) is 52.2 Å². The Morgan fingerprint density at radius 1 is 0.907 bits per heavy atom. The first-order valence-corrected chi connectivity index (χ1v) is 14.0. The van der Waals surface area contributed by atoms with Crippen molar-refractivity contribution in [1.29, 1.82) is 0 Å². The largest absolute Gasteiger partial charge is 0.506 e. The maximum Gasteiger partial charge on any atom is 0.265 e. The Hall–Kier alpha value is -4.99. The summed E-state index contributed by atoms with van der Waals surface area (Å²) in [4.78, 5) is 28.2. The van der Waals surface area contributed by atoms with E-state index in [1.165, 1.54) is 0 Å². The molecule has 1 aromatic heterocycles. The summed E-state index contributed by atoms with van der Waals surface area (Å²) in [5, 5.41) is 28.6. The van der Waals surface area contributed by atoms with E-state index in [-0.39, 0.29) is 48.2 Å². The molecule has 7 rings (SSSR count). The number of aliphatic hydroxyl groups is 1. The third kappa shape index (κ3) is 4.04. The van der Waals surface area contributed by atoms with Crippen LogP contribution in [0.1, 0.15) is 54.8 Å². The number of carbonyl (C=O) groups is 2. The first-order valence-electron chi connectivity index (χ1n) is 14.0. The molecule has 0 bridgehead atoms. The number of aromatic nitrogens is 1. The van der Waals surface area contributed by atoms with Gasteiger partial charge in [0.15, 0.2) is 11.4 Å². The molecule has 5 aromatic rings. The Bertz CT molecular complexity index is 1900. The molecule has 9 heteroatoms. The van der Waals surface area contributed by atoms with Crippen molar-refractivity contribution >= 4 is 22.3 Å². The van der Waals surface area contributed by atoms with Gasteiger partial charge in [-0.15, -0.1) is 0 Å². The van der Waals surface area contributed by atoms with Crippen LogP contribution >= 0.6 is 0 Å². The molecule has 3 atom stereocenters. The Kier molecular flexibility index (Phi) is 6.30. The number of nitrogens with two attached hydrogens (primary N) is 1. The van der Waals surface area contributed by atoms with Gasteiger partial charge < -0.3 is 29.9 Å². The highest BCUT2D eigenvalue weighted by atomic mass is 16.5. The summed E-state index contributed by atoms with van der Waals surface area (Å²) in [6.45, 7) is 2.16. The molecule has 0 amide bonds. The van der Waals surface area contributed by atoms with Gasteiger partial charge in [0, 0.05) is 5.92 Å². The second kappa shape index (κ2) is 10.1. The van der Waals surface area contributed by atoms with Crippen LogP contribution in [0.25, 0.3) is 10.8 Å². The number of aryl methyl sites for hydroxylation is 1. The van der Waals surface area contributed by atoms with Crippen molar-refractivity contribution in [3.05, 3.63) is 118 Å². The van der Waals surface area contributed by atoms with E-state index < -0.39 is 29.1 Å². The summed E-state index contributed by atoms with van der Waals surface area (Å²) < 4.78 is 17.4. The number of rotatable bonds is 6. The van der Waals surface area contributed by atoms with E-state index in [4.69, 9.17) is 19.7 Å². The standard InChI is InChI=1S/C34H28N2O7/c1-18-21-13-8-14-24(41-16-19-9-4-2-5-10-19)25(21)29(37)26-22(18)15-23-28(35)30-27(32(39)34(23,40)31(26)38)33(36-43-30)42-17-20-11-6-3-7-12-20/h2-14,23,28,37,40H,15-17,35H2,1H3/t23-,28-,34-/m0/s1. The number of nitrogens with zero attached hydrogens (tertiary/aromatic N) is 1. The van der Waals surface area contributed by atoms with E-state index in [2.05, 4.69) is 5.16 Å². The van der Waals surface area contributed by atoms with Crippen LogP contribution in [0.2, 0.25) is 0 Å². The molecule has 216 valence electrons. The number of ether oxygens (including phenoxy) is 2. The quantitative estimate of drug-likeness (QED) is 0.238. The van der Waals surface area contributed by atoms with Crippen LogP contribution < -0.4 is 15.2 Å². The van der Waals surface area contributed by atoms with Crippen LogP contribution in [0.5, 0.6) is 17.4 Å². The first-order chi connectivity index (χ1) is 20.8. The predicted molar refractivity (Wildman–Crippen MR) is 156 cm³/mol. The van der Waals surface area contributed by atoms with E-state index in [9.17, 15) is 19.8 Å². The lowest BCUT2D eigenvalue weighted by molar-refractivity contribution is -0.0108. The molecule has 43 heavy (non-hydrogen) atoms. The molecule has 0 spiro atoms. The van der Waals surface area contributed by atoms with E-state index in [1.54, 1.807) is 6.07 Å². The van der Waals surface area contributed by atoms with Crippen molar-refractivity contribution < 1.29 is 33.8 Å². The number of Topliss-reactive ketones (excluding diaryl/α,β-unsaturated/α-hetero) is 2. The Morgan fingerprint density at radius 2 is 1.53 bits per heavy atom. The van der Waals surface area contributed by atoms with Gasteiger partial charge in [0.2, 0.25) is 11.6 Å². The summed E-state index contributed by atoms with van der Waals surface area (Å²) in [6, 6.07) is 23.1. The summed E-state index contributed by atoms with van der Waals surface area (Å²) in [5.41, 5.74) is 6.71. The molecule has 0 saturated carbocycles. The highest BCUT2D eigenvalue weighted by Crippen LogP contribution is 2.52. The maximum atomic E-state index is 14.2. The first kappa shape index (κ1) is 26.9. The number of aromatic hydroxyl groups is 1. The van der Waals surface area contributed by atoms with Crippen molar-refractivity contribution in [1.82, 2.24) is 5.16 Å². The molecule has 0 aliphatic heterocycles. The summed E-state index contributed by atoms with van der Waals surface area (Å²) >= 11 is 0. The number of phenols is 1. The predicted octanol–water partition coefficient (Wildman–Crippen LogP) is 4.98. The maximum absolute atomic E-state index is 14.2.